The van der Waals surface area contributed by atoms with Crippen LogP contribution < -0.4 is 0 Å². The fraction of sp³-hybridized carbons (Fsp3) is 0.667. The first-order valence-electron chi connectivity index (χ1n) is 11.6. The predicted octanol–water partition coefficient (Wildman–Crippen LogP) is 2.63. The van der Waals surface area contributed by atoms with Gasteiger partial charge in [-0.25, -0.2) is 0 Å². The van der Waals surface area contributed by atoms with Crippen LogP contribution in [0, 0.1) is 11.8 Å². The molecule has 1 atom stereocenters. The summed E-state index contributed by atoms with van der Waals surface area (Å²) in [6, 6.07) is 8.02. The largest absolute Gasteiger partial charge is 0.379 e. The van der Waals surface area contributed by atoms with E-state index < -0.39 is 0 Å². The summed E-state index contributed by atoms with van der Waals surface area (Å²) in [5, 5.41) is 0. The second-order valence-electron chi connectivity index (χ2n) is 9.19. The number of likely N-dealkylation sites (tertiary alicyclic amines) is 2. The maximum atomic E-state index is 13.1. The Morgan fingerprint density at radius 2 is 1.77 bits per heavy atom. The molecule has 6 nitrogen and oxygen atoms in total. The standard InChI is InChI=1S/C24H35N3O3/c1-19-4-3-9-27(17-19)23(28)21-7-10-26(11-8-21)24(29)22-6-2-5-20(16-22)18-25-12-14-30-15-13-25/h2,5-6,16,19,21H,3-4,7-15,17-18H2,1H3. The third-order valence-electron chi connectivity index (χ3n) is 6.78. The molecule has 30 heavy (non-hydrogen) atoms. The van der Waals surface area contributed by atoms with E-state index in [2.05, 4.69) is 22.8 Å². The number of carbonyl (C=O) groups is 2. The molecule has 3 saturated heterocycles. The minimum atomic E-state index is 0.0759. The molecule has 4 rings (SSSR count). The van der Waals surface area contributed by atoms with Gasteiger partial charge in [-0.15, -0.1) is 0 Å². The van der Waals surface area contributed by atoms with Gasteiger partial charge in [0.05, 0.1) is 13.2 Å². The van der Waals surface area contributed by atoms with Gasteiger partial charge in [0, 0.05) is 57.3 Å². The number of morpholine rings is 1. The van der Waals surface area contributed by atoms with Crippen LogP contribution in [0.1, 0.15) is 48.5 Å². The molecule has 0 bridgehead atoms. The van der Waals surface area contributed by atoms with Gasteiger partial charge in [0.15, 0.2) is 0 Å². The van der Waals surface area contributed by atoms with Crippen molar-refractivity contribution in [2.45, 2.75) is 39.2 Å². The Balaban J connectivity index is 1.30. The maximum Gasteiger partial charge on any atom is 0.253 e. The Labute approximate surface area is 180 Å². The van der Waals surface area contributed by atoms with Crippen molar-refractivity contribution in [1.82, 2.24) is 14.7 Å². The summed E-state index contributed by atoms with van der Waals surface area (Å²) in [5.41, 5.74) is 1.93. The highest BCUT2D eigenvalue weighted by Crippen LogP contribution is 2.24. The lowest BCUT2D eigenvalue weighted by molar-refractivity contribution is -0.138. The Kier molecular flexibility index (Phi) is 7.05. The molecule has 1 aromatic rings. The van der Waals surface area contributed by atoms with E-state index in [1.807, 2.05) is 23.1 Å². The zero-order valence-corrected chi connectivity index (χ0v) is 18.2. The fourth-order valence-corrected chi connectivity index (χ4v) is 4.98. The van der Waals surface area contributed by atoms with Crippen molar-refractivity contribution in [3.8, 4) is 0 Å². The quantitative estimate of drug-likeness (QED) is 0.762. The number of hydrogen-bond acceptors (Lipinski definition) is 4. The van der Waals surface area contributed by atoms with Crippen LogP contribution in [0.25, 0.3) is 0 Å². The summed E-state index contributed by atoms with van der Waals surface area (Å²) >= 11 is 0. The van der Waals surface area contributed by atoms with E-state index in [0.717, 1.165) is 70.8 Å². The van der Waals surface area contributed by atoms with E-state index in [1.165, 1.54) is 12.0 Å². The first kappa shape index (κ1) is 21.3. The minimum absolute atomic E-state index is 0.0759. The van der Waals surface area contributed by atoms with Crippen LogP contribution in [-0.4, -0.2) is 79.0 Å². The van der Waals surface area contributed by atoms with Gasteiger partial charge in [-0.05, 0) is 49.3 Å². The van der Waals surface area contributed by atoms with Gasteiger partial charge in [-0.3, -0.25) is 14.5 Å². The molecule has 3 aliphatic rings. The first-order valence-corrected chi connectivity index (χ1v) is 11.6. The smallest absolute Gasteiger partial charge is 0.253 e. The minimum Gasteiger partial charge on any atom is -0.379 e. The van der Waals surface area contributed by atoms with Gasteiger partial charge in [-0.2, -0.15) is 0 Å². The number of benzene rings is 1. The lowest BCUT2D eigenvalue weighted by Crippen LogP contribution is -2.47. The lowest BCUT2D eigenvalue weighted by Gasteiger charge is -2.37. The summed E-state index contributed by atoms with van der Waals surface area (Å²) in [7, 11) is 0. The van der Waals surface area contributed by atoms with Crippen molar-refractivity contribution in [3.63, 3.8) is 0 Å². The van der Waals surface area contributed by atoms with E-state index >= 15 is 0 Å². The number of rotatable bonds is 4. The lowest BCUT2D eigenvalue weighted by atomic mass is 9.92. The zero-order valence-electron chi connectivity index (χ0n) is 18.2. The van der Waals surface area contributed by atoms with Crippen molar-refractivity contribution in [2.24, 2.45) is 11.8 Å². The third kappa shape index (κ3) is 5.22. The van der Waals surface area contributed by atoms with Crippen LogP contribution in [0.4, 0.5) is 0 Å². The Bertz CT molecular complexity index is 739. The highest BCUT2D eigenvalue weighted by Gasteiger charge is 2.32. The fourth-order valence-electron chi connectivity index (χ4n) is 4.98. The highest BCUT2D eigenvalue weighted by molar-refractivity contribution is 5.94. The zero-order chi connectivity index (χ0) is 20.9. The molecule has 0 radical (unpaired) electrons. The van der Waals surface area contributed by atoms with Crippen LogP contribution in [0.15, 0.2) is 24.3 Å². The van der Waals surface area contributed by atoms with Gasteiger partial charge in [0.1, 0.15) is 0 Å². The molecule has 0 spiro atoms. The second-order valence-corrected chi connectivity index (χ2v) is 9.19. The molecule has 3 fully saturated rings. The van der Waals surface area contributed by atoms with Gasteiger partial charge in [0.2, 0.25) is 5.91 Å². The molecule has 2 amide bonds. The monoisotopic (exact) mass is 413 g/mol. The van der Waals surface area contributed by atoms with Gasteiger partial charge in [-0.1, -0.05) is 19.1 Å². The van der Waals surface area contributed by atoms with E-state index in [4.69, 9.17) is 4.74 Å². The molecule has 0 saturated carbocycles. The van der Waals surface area contributed by atoms with E-state index in [0.29, 0.717) is 24.9 Å². The summed E-state index contributed by atoms with van der Waals surface area (Å²) in [6.45, 7) is 9.67. The summed E-state index contributed by atoms with van der Waals surface area (Å²) < 4.78 is 5.42. The second kappa shape index (κ2) is 9.92. The topological polar surface area (TPSA) is 53.1 Å². The van der Waals surface area contributed by atoms with Crippen molar-refractivity contribution in [3.05, 3.63) is 35.4 Å². The Morgan fingerprint density at radius 1 is 1.00 bits per heavy atom. The number of carbonyl (C=O) groups excluding carboxylic acids is 2. The van der Waals surface area contributed by atoms with Crippen LogP contribution in [0.3, 0.4) is 0 Å². The molecule has 1 unspecified atom stereocenters. The molecular weight excluding hydrogens is 378 g/mol. The van der Waals surface area contributed by atoms with Crippen molar-refractivity contribution >= 4 is 11.8 Å². The molecular formula is C24H35N3O3. The average Bonchev–Trinajstić information content (AvgIpc) is 2.79. The molecule has 6 heteroatoms. The number of nitrogens with zero attached hydrogens (tertiary/aromatic N) is 3. The molecule has 164 valence electrons. The van der Waals surface area contributed by atoms with Gasteiger partial charge in [0.25, 0.3) is 5.91 Å². The number of amides is 2. The van der Waals surface area contributed by atoms with Gasteiger partial charge >= 0.3 is 0 Å². The predicted molar refractivity (Wildman–Crippen MR) is 116 cm³/mol. The van der Waals surface area contributed by atoms with Crippen molar-refractivity contribution in [2.75, 3.05) is 52.5 Å². The average molecular weight is 414 g/mol. The molecule has 1 aromatic carbocycles. The highest BCUT2D eigenvalue weighted by atomic mass is 16.5. The van der Waals surface area contributed by atoms with Crippen LogP contribution in [0.5, 0.6) is 0 Å². The maximum absolute atomic E-state index is 13.1. The van der Waals surface area contributed by atoms with Crippen molar-refractivity contribution in [1.29, 1.82) is 0 Å². The van der Waals surface area contributed by atoms with Gasteiger partial charge < -0.3 is 14.5 Å². The molecule has 0 aromatic heterocycles. The van der Waals surface area contributed by atoms with Crippen LogP contribution in [-0.2, 0) is 16.1 Å². The van der Waals surface area contributed by atoms with Crippen molar-refractivity contribution < 1.29 is 14.3 Å². The Morgan fingerprint density at radius 3 is 2.50 bits per heavy atom. The first-order chi connectivity index (χ1) is 14.6. The third-order valence-corrected chi connectivity index (χ3v) is 6.78. The number of ether oxygens (including phenoxy) is 1. The molecule has 0 aliphatic carbocycles. The molecule has 3 aliphatic heterocycles. The van der Waals surface area contributed by atoms with Crippen LogP contribution >= 0.6 is 0 Å². The normalized spacial score (nSPS) is 24.1. The molecule has 3 heterocycles. The van der Waals surface area contributed by atoms with E-state index in [9.17, 15) is 9.59 Å². The van der Waals surface area contributed by atoms with E-state index in [1.54, 1.807) is 0 Å². The summed E-state index contributed by atoms with van der Waals surface area (Å²) in [5.74, 6) is 1.08. The summed E-state index contributed by atoms with van der Waals surface area (Å²) in [4.78, 5) is 32.3. The number of hydrogen-bond donors (Lipinski definition) is 0. The molecule has 0 N–H and O–H groups in total. The summed E-state index contributed by atoms with van der Waals surface area (Å²) in [6.07, 6.45) is 3.90. The van der Waals surface area contributed by atoms with Crippen LogP contribution in [0.2, 0.25) is 0 Å². The van der Waals surface area contributed by atoms with E-state index in [-0.39, 0.29) is 11.8 Å². The SMILES string of the molecule is CC1CCCN(C(=O)C2CCN(C(=O)c3cccc(CN4CCOCC4)c3)CC2)C1. The Hall–Kier alpha value is -1.92. The number of piperidine rings is 2.